The van der Waals surface area contributed by atoms with E-state index >= 15 is 0 Å². The van der Waals surface area contributed by atoms with Crippen LogP contribution < -0.4 is 4.74 Å². The van der Waals surface area contributed by atoms with Gasteiger partial charge in [-0.1, -0.05) is 48.5 Å². The summed E-state index contributed by atoms with van der Waals surface area (Å²) < 4.78 is 5.79. The number of hydrogen-bond donors (Lipinski definition) is 1. The fraction of sp³-hybridized carbons (Fsp3) is 0.136. The maximum atomic E-state index is 12.9. The first-order valence-corrected chi connectivity index (χ1v) is 8.42. The molecule has 3 aromatic carbocycles. The first kappa shape index (κ1) is 17.5. The summed E-state index contributed by atoms with van der Waals surface area (Å²) in [5.41, 5.74) is 2.33. The van der Waals surface area contributed by atoms with Crippen LogP contribution >= 0.6 is 0 Å². The molecule has 0 fully saturated rings. The highest BCUT2D eigenvalue weighted by Crippen LogP contribution is 2.18. The average molecular weight is 347 g/mol. The first-order valence-electron chi connectivity index (χ1n) is 8.42. The molecule has 0 saturated carbocycles. The van der Waals surface area contributed by atoms with Gasteiger partial charge in [-0.2, -0.15) is 0 Å². The zero-order chi connectivity index (χ0) is 18.4. The molecule has 0 radical (unpaired) electrons. The van der Waals surface area contributed by atoms with E-state index in [-0.39, 0.29) is 11.7 Å². The number of rotatable bonds is 6. The van der Waals surface area contributed by atoms with Crippen molar-refractivity contribution in [2.24, 2.45) is 0 Å². The van der Waals surface area contributed by atoms with Gasteiger partial charge in [-0.15, -0.1) is 0 Å². The fourth-order valence-electron chi connectivity index (χ4n) is 2.74. The summed E-state index contributed by atoms with van der Waals surface area (Å²) in [6.07, 6.45) is 0. The lowest BCUT2D eigenvalue weighted by Gasteiger charge is -2.19. The van der Waals surface area contributed by atoms with Gasteiger partial charge in [0.05, 0.1) is 0 Å². The zero-order valence-corrected chi connectivity index (χ0v) is 14.6. The van der Waals surface area contributed by atoms with Crippen molar-refractivity contribution in [3.8, 4) is 11.5 Å². The molecule has 0 aliphatic carbocycles. The second-order valence-corrected chi connectivity index (χ2v) is 6.09. The van der Waals surface area contributed by atoms with E-state index in [0.29, 0.717) is 18.7 Å². The molecule has 1 N–H and O–H groups in total. The Kier molecular flexibility index (Phi) is 5.54. The standard InChI is InChI=1S/C22H21NO3/c1-23(15-17-8-7-10-19(24)14-17)22(25)21-13-6-5-9-18(21)16-26-20-11-3-2-4-12-20/h2-14,24H,15-16H2,1H3. The van der Waals surface area contributed by atoms with Crippen molar-refractivity contribution in [2.45, 2.75) is 13.2 Å². The highest BCUT2D eigenvalue weighted by Gasteiger charge is 2.16. The van der Waals surface area contributed by atoms with Crippen molar-refractivity contribution < 1.29 is 14.6 Å². The first-order chi connectivity index (χ1) is 12.6. The lowest BCUT2D eigenvalue weighted by atomic mass is 10.1. The third-order valence-electron chi connectivity index (χ3n) is 4.06. The van der Waals surface area contributed by atoms with Gasteiger partial charge < -0.3 is 14.7 Å². The Morgan fingerprint density at radius 2 is 1.69 bits per heavy atom. The summed E-state index contributed by atoms with van der Waals surface area (Å²) in [6.45, 7) is 0.743. The number of nitrogens with zero attached hydrogens (tertiary/aromatic N) is 1. The molecule has 0 heterocycles. The van der Waals surface area contributed by atoms with E-state index in [1.54, 1.807) is 30.1 Å². The van der Waals surface area contributed by atoms with Gasteiger partial charge in [-0.3, -0.25) is 4.79 Å². The molecule has 0 atom stereocenters. The van der Waals surface area contributed by atoms with Gasteiger partial charge in [0.2, 0.25) is 0 Å². The Bertz CT molecular complexity index is 877. The number of aromatic hydroxyl groups is 1. The fourth-order valence-corrected chi connectivity index (χ4v) is 2.74. The summed E-state index contributed by atoms with van der Waals surface area (Å²) in [5, 5.41) is 9.58. The molecule has 0 aromatic heterocycles. The average Bonchev–Trinajstić information content (AvgIpc) is 2.67. The number of hydrogen-bond acceptors (Lipinski definition) is 3. The molecule has 3 rings (SSSR count). The van der Waals surface area contributed by atoms with Crippen LogP contribution in [0.5, 0.6) is 11.5 Å². The maximum absolute atomic E-state index is 12.9. The minimum absolute atomic E-state index is 0.0828. The van der Waals surface area contributed by atoms with Gasteiger partial charge in [-0.25, -0.2) is 0 Å². The number of carbonyl (C=O) groups is 1. The molecule has 1 amide bonds. The predicted molar refractivity (Wildman–Crippen MR) is 101 cm³/mol. The highest BCUT2D eigenvalue weighted by atomic mass is 16.5. The van der Waals surface area contributed by atoms with Crippen molar-refractivity contribution in [3.05, 3.63) is 95.6 Å². The quantitative estimate of drug-likeness (QED) is 0.725. The molecule has 0 unspecified atom stereocenters. The predicted octanol–water partition coefficient (Wildman–Crippen LogP) is 4.24. The summed E-state index contributed by atoms with van der Waals surface area (Å²) in [4.78, 5) is 14.5. The lowest BCUT2D eigenvalue weighted by molar-refractivity contribution is 0.0782. The normalized spacial score (nSPS) is 10.3. The molecular formula is C22H21NO3. The van der Waals surface area contributed by atoms with E-state index in [4.69, 9.17) is 4.74 Å². The Morgan fingerprint density at radius 1 is 0.962 bits per heavy atom. The van der Waals surface area contributed by atoms with Crippen LogP contribution in [0.3, 0.4) is 0 Å². The molecule has 3 aromatic rings. The van der Waals surface area contributed by atoms with Crippen LogP contribution in [0.15, 0.2) is 78.9 Å². The molecule has 0 saturated heterocycles. The number of benzene rings is 3. The number of phenolic OH excluding ortho intramolecular Hbond substituents is 1. The minimum atomic E-state index is -0.0828. The lowest BCUT2D eigenvalue weighted by Crippen LogP contribution is -2.27. The van der Waals surface area contributed by atoms with Gasteiger partial charge in [0.1, 0.15) is 18.1 Å². The van der Waals surface area contributed by atoms with Crippen LogP contribution in [-0.4, -0.2) is 23.0 Å². The van der Waals surface area contributed by atoms with Crippen molar-refractivity contribution in [3.63, 3.8) is 0 Å². The van der Waals surface area contributed by atoms with E-state index in [9.17, 15) is 9.90 Å². The van der Waals surface area contributed by atoms with Crippen molar-refractivity contribution in [1.29, 1.82) is 0 Å². The summed E-state index contributed by atoms with van der Waals surface area (Å²) >= 11 is 0. The molecule has 132 valence electrons. The van der Waals surface area contributed by atoms with Crippen LogP contribution in [-0.2, 0) is 13.2 Å². The number of para-hydroxylation sites is 1. The van der Waals surface area contributed by atoms with E-state index < -0.39 is 0 Å². The third kappa shape index (κ3) is 4.42. The molecule has 4 nitrogen and oxygen atoms in total. The maximum Gasteiger partial charge on any atom is 0.254 e. The highest BCUT2D eigenvalue weighted by molar-refractivity contribution is 5.95. The van der Waals surface area contributed by atoms with Crippen LogP contribution in [0.2, 0.25) is 0 Å². The smallest absolute Gasteiger partial charge is 0.254 e. The van der Waals surface area contributed by atoms with E-state index in [2.05, 4.69) is 0 Å². The largest absolute Gasteiger partial charge is 0.508 e. The molecule has 0 bridgehead atoms. The van der Waals surface area contributed by atoms with Gasteiger partial charge in [-0.05, 0) is 35.9 Å². The van der Waals surface area contributed by atoms with E-state index in [1.807, 2.05) is 60.7 Å². The molecule has 4 heteroatoms. The SMILES string of the molecule is CN(Cc1cccc(O)c1)C(=O)c1ccccc1COc1ccccc1. The Balaban J connectivity index is 1.72. The van der Waals surface area contributed by atoms with Crippen LogP contribution in [0, 0.1) is 0 Å². The Hall–Kier alpha value is -3.27. The van der Waals surface area contributed by atoms with E-state index in [1.165, 1.54) is 0 Å². The summed E-state index contributed by atoms with van der Waals surface area (Å²) in [5.74, 6) is 0.878. The number of ether oxygens (including phenoxy) is 1. The number of amides is 1. The number of phenols is 1. The number of carbonyl (C=O) groups excluding carboxylic acids is 1. The molecular weight excluding hydrogens is 326 g/mol. The summed E-state index contributed by atoms with van der Waals surface area (Å²) in [6, 6.07) is 23.9. The molecule has 0 aliphatic heterocycles. The molecule has 26 heavy (non-hydrogen) atoms. The minimum Gasteiger partial charge on any atom is -0.508 e. The van der Waals surface area contributed by atoms with Crippen LogP contribution in [0.1, 0.15) is 21.5 Å². The Labute approximate surface area is 153 Å². The van der Waals surface area contributed by atoms with Crippen LogP contribution in [0.4, 0.5) is 0 Å². The van der Waals surface area contributed by atoms with Crippen molar-refractivity contribution in [1.82, 2.24) is 4.90 Å². The van der Waals surface area contributed by atoms with Gasteiger partial charge in [0.25, 0.3) is 5.91 Å². The third-order valence-corrected chi connectivity index (χ3v) is 4.06. The topological polar surface area (TPSA) is 49.8 Å². The molecule has 0 spiro atoms. The summed E-state index contributed by atoms with van der Waals surface area (Å²) in [7, 11) is 1.75. The van der Waals surface area contributed by atoms with Crippen molar-refractivity contribution >= 4 is 5.91 Å². The Morgan fingerprint density at radius 3 is 2.46 bits per heavy atom. The van der Waals surface area contributed by atoms with Crippen LogP contribution in [0.25, 0.3) is 0 Å². The second-order valence-electron chi connectivity index (χ2n) is 6.09. The van der Waals surface area contributed by atoms with Gasteiger partial charge in [0.15, 0.2) is 0 Å². The molecule has 0 aliphatic rings. The zero-order valence-electron chi connectivity index (χ0n) is 14.6. The second kappa shape index (κ2) is 8.21. The van der Waals surface area contributed by atoms with Gasteiger partial charge >= 0.3 is 0 Å². The van der Waals surface area contributed by atoms with E-state index in [0.717, 1.165) is 16.9 Å². The van der Waals surface area contributed by atoms with Gasteiger partial charge in [0, 0.05) is 24.7 Å². The van der Waals surface area contributed by atoms with Crippen molar-refractivity contribution in [2.75, 3.05) is 7.05 Å². The monoisotopic (exact) mass is 347 g/mol.